The van der Waals surface area contributed by atoms with Crippen molar-refractivity contribution in [2.45, 2.75) is 19.5 Å². The summed E-state index contributed by atoms with van der Waals surface area (Å²) in [5, 5.41) is 3.11. The Morgan fingerprint density at radius 3 is 2.87 bits per heavy atom. The Bertz CT molecular complexity index is 513. The molecule has 1 aliphatic heterocycles. The molecule has 1 aliphatic rings. The molecule has 1 unspecified atom stereocenters. The van der Waals surface area contributed by atoms with Crippen molar-refractivity contribution >= 4 is 11.8 Å². The Labute approximate surface area is 138 Å². The first kappa shape index (κ1) is 17.5. The lowest BCUT2D eigenvalue weighted by Crippen LogP contribution is -2.44. The molecule has 0 spiro atoms. The minimum absolute atomic E-state index is 0.141. The summed E-state index contributed by atoms with van der Waals surface area (Å²) in [6.45, 7) is 7.30. The Balaban J connectivity index is 1.92. The van der Waals surface area contributed by atoms with E-state index in [1.165, 1.54) is 0 Å². The van der Waals surface area contributed by atoms with E-state index in [1.807, 2.05) is 19.2 Å². The van der Waals surface area contributed by atoms with Crippen LogP contribution >= 0.6 is 0 Å². The highest BCUT2D eigenvalue weighted by Gasteiger charge is 2.15. The third-order valence-corrected chi connectivity index (χ3v) is 3.88. The number of ether oxygens (including phenoxy) is 1. The number of hydrogen-bond donors (Lipinski definition) is 2. The van der Waals surface area contributed by atoms with Gasteiger partial charge in [-0.05, 0) is 31.7 Å². The van der Waals surface area contributed by atoms with Gasteiger partial charge < -0.3 is 25.6 Å². The SMILES string of the molecule is COCC(C)NC(N)=NCc1ccnc(N2CCN(C)CC2)c1. The molecular formula is C16H28N6O. The lowest BCUT2D eigenvalue weighted by molar-refractivity contribution is 0.179. The van der Waals surface area contributed by atoms with Crippen LogP contribution in [-0.4, -0.2) is 68.8 Å². The number of pyridine rings is 1. The lowest BCUT2D eigenvalue weighted by Gasteiger charge is -2.33. The van der Waals surface area contributed by atoms with Gasteiger partial charge in [-0.3, -0.25) is 0 Å². The van der Waals surface area contributed by atoms with Crippen LogP contribution in [0.3, 0.4) is 0 Å². The zero-order chi connectivity index (χ0) is 16.7. The van der Waals surface area contributed by atoms with Gasteiger partial charge >= 0.3 is 0 Å². The van der Waals surface area contributed by atoms with E-state index in [1.54, 1.807) is 7.11 Å². The van der Waals surface area contributed by atoms with Crippen molar-refractivity contribution in [3.05, 3.63) is 23.9 Å². The average molecular weight is 320 g/mol. The molecule has 0 radical (unpaired) electrons. The minimum atomic E-state index is 0.141. The summed E-state index contributed by atoms with van der Waals surface area (Å²) in [7, 11) is 3.82. The van der Waals surface area contributed by atoms with Crippen molar-refractivity contribution in [3.63, 3.8) is 0 Å². The lowest BCUT2D eigenvalue weighted by atomic mass is 10.2. The van der Waals surface area contributed by atoms with Crippen LogP contribution in [0.15, 0.2) is 23.3 Å². The molecular weight excluding hydrogens is 292 g/mol. The van der Waals surface area contributed by atoms with E-state index in [0.717, 1.165) is 37.6 Å². The number of hydrogen-bond acceptors (Lipinski definition) is 5. The Morgan fingerprint density at radius 2 is 2.17 bits per heavy atom. The molecule has 2 rings (SSSR count). The maximum absolute atomic E-state index is 5.90. The number of guanidine groups is 1. The molecule has 128 valence electrons. The van der Waals surface area contributed by atoms with Gasteiger partial charge in [0, 0.05) is 45.5 Å². The van der Waals surface area contributed by atoms with Crippen molar-refractivity contribution in [3.8, 4) is 0 Å². The van der Waals surface area contributed by atoms with Crippen LogP contribution in [0.1, 0.15) is 12.5 Å². The largest absolute Gasteiger partial charge is 0.383 e. The topological polar surface area (TPSA) is 79.0 Å². The number of nitrogens with zero attached hydrogens (tertiary/aromatic N) is 4. The van der Waals surface area contributed by atoms with Crippen molar-refractivity contribution in [1.29, 1.82) is 0 Å². The fourth-order valence-electron chi connectivity index (χ4n) is 2.53. The molecule has 7 nitrogen and oxygen atoms in total. The molecule has 1 saturated heterocycles. The highest BCUT2D eigenvalue weighted by molar-refractivity contribution is 5.78. The summed E-state index contributed by atoms with van der Waals surface area (Å²) in [6, 6.07) is 4.22. The smallest absolute Gasteiger partial charge is 0.189 e. The summed E-state index contributed by atoms with van der Waals surface area (Å²) < 4.78 is 5.07. The predicted octanol–water partition coefficient (Wildman–Crippen LogP) is 0.273. The van der Waals surface area contributed by atoms with Gasteiger partial charge in [0.15, 0.2) is 5.96 Å². The summed E-state index contributed by atoms with van der Waals surface area (Å²) in [5.74, 6) is 1.46. The van der Waals surface area contributed by atoms with E-state index >= 15 is 0 Å². The van der Waals surface area contributed by atoms with Gasteiger partial charge in [-0.25, -0.2) is 9.98 Å². The van der Waals surface area contributed by atoms with Gasteiger partial charge in [-0.15, -0.1) is 0 Å². The van der Waals surface area contributed by atoms with Gasteiger partial charge in [0.25, 0.3) is 0 Å². The Kier molecular flexibility index (Phi) is 6.61. The summed E-state index contributed by atoms with van der Waals surface area (Å²) in [5.41, 5.74) is 7.01. The molecule has 1 atom stereocenters. The second-order valence-corrected chi connectivity index (χ2v) is 6.01. The fourth-order valence-corrected chi connectivity index (χ4v) is 2.53. The van der Waals surface area contributed by atoms with Crippen LogP contribution < -0.4 is 16.0 Å². The monoisotopic (exact) mass is 320 g/mol. The van der Waals surface area contributed by atoms with E-state index in [4.69, 9.17) is 10.5 Å². The molecule has 1 aromatic heterocycles. The van der Waals surface area contributed by atoms with Crippen molar-refractivity contribution in [2.24, 2.45) is 10.7 Å². The summed E-state index contributed by atoms with van der Waals surface area (Å²) >= 11 is 0. The Hall–Kier alpha value is -1.86. The van der Waals surface area contributed by atoms with E-state index in [2.05, 4.69) is 38.2 Å². The molecule has 23 heavy (non-hydrogen) atoms. The maximum atomic E-state index is 5.90. The van der Waals surface area contributed by atoms with Crippen molar-refractivity contribution < 1.29 is 4.74 Å². The Morgan fingerprint density at radius 1 is 1.43 bits per heavy atom. The average Bonchev–Trinajstić information content (AvgIpc) is 2.54. The van der Waals surface area contributed by atoms with Gasteiger partial charge in [0.1, 0.15) is 5.82 Å². The fraction of sp³-hybridized carbons (Fsp3) is 0.625. The third kappa shape index (κ3) is 5.69. The van der Waals surface area contributed by atoms with Crippen molar-refractivity contribution in [1.82, 2.24) is 15.2 Å². The summed E-state index contributed by atoms with van der Waals surface area (Å²) in [6.07, 6.45) is 1.84. The molecule has 0 amide bonds. The molecule has 2 heterocycles. The first-order valence-corrected chi connectivity index (χ1v) is 8.02. The number of methoxy groups -OCH3 is 1. The number of piperazine rings is 1. The zero-order valence-electron chi connectivity index (χ0n) is 14.3. The number of nitrogens with one attached hydrogen (secondary N) is 1. The van der Waals surface area contributed by atoms with E-state index in [0.29, 0.717) is 19.1 Å². The molecule has 7 heteroatoms. The molecule has 0 bridgehead atoms. The van der Waals surface area contributed by atoms with E-state index in [9.17, 15) is 0 Å². The second-order valence-electron chi connectivity index (χ2n) is 6.01. The number of likely N-dealkylation sites (N-methyl/N-ethyl adjacent to an activating group) is 1. The maximum Gasteiger partial charge on any atom is 0.189 e. The van der Waals surface area contributed by atoms with Gasteiger partial charge in [-0.2, -0.15) is 0 Å². The van der Waals surface area contributed by atoms with E-state index in [-0.39, 0.29) is 6.04 Å². The van der Waals surface area contributed by atoms with E-state index < -0.39 is 0 Å². The highest BCUT2D eigenvalue weighted by atomic mass is 16.5. The van der Waals surface area contributed by atoms with Crippen LogP contribution in [-0.2, 0) is 11.3 Å². The first-order chi connectivity index (χ1) is 11.1. The van der Waals surface area contributed by atoms with Crippen LogP contribution in [0.25, 0.3) is 0 Å². The second kappa shape index (κ2) is 8.69. The normalized spacial score (nSPS) is 18.0. The molecule has 0 saturated carbocycles. The van der Waals surface area contributed by atoms with Gasteiger partial charge in [0.05, 0.1) is 13.2 Å². The molecule has 1 fully saturated rings. The van der Waals surface area contributed by atoms with Gasteiger partial charge in [0.2, 0.25) is 0 Å². The summed E-state index contributed by atoms with van der Waals surface area (Å²) in [4.78, 5) is 13.5. The molecule has 3 N–H and O–H groups in total. The number of aromatic nitrogens is 1. The number of anilines is 1. The van der Waals surface area contributed by atoms with Crippen molar-refractivity contribution in [2.75, 3.05) is 51.8 Å². The number of aliphatic imine (C=N–C) groups is 1. The highest BCUT2D eigenvalue weighted by Crippen LogP contribution is 2.15. The van der Waals surface area contributed by atoms with Crippen LogP contribution in [0.4, 0.5) is 5.82 Å². The first-order valence-electron chi connectivity index (χ1n) is 8.02. The van der Waals surface area contributed by atoms with Crippen LogP contribution in [0.2, 0.25) is 0 Å². The molecule has 0 aliphatic carbocycles. The quantitative estimate of drug-likeness (QED) is 0.579. The number of rotatable bonds is 6. The predicted molar refractivity (Wildman–Crippen MR) is 93.7 cm³/mol. The molecule has 0 aromatic carbocycles. The van der Waals surface area contributed by atoms with Gasteiger partial charge in [-0.1, -0.05) is 0 Å². The van der Waals surface area contributed by atoms with Crippen LogP contribution in [0.5, 0.6) is 0 Å². The molecule has 1 aromatic rings. The zero-order valence-corrected chi connectivity index (χ0v) is 14.3. The third-order valence-electron chi connectivity index (χ3n) is 3.88. The number of nitrogens with two attached hydrogens (primary N) is 1. The standard InChI is InChI=1S/C16H28N6O/c1-13(12-23-3)20-16(17)19-11-14-4-5-18-15(10-14)22-8-6-21(2)7-9-22/h4-5,10,13H,6-9,11-12H2,1-3H3,(H3,17,19,20). The van der Waals surface area contributed by atoms with Crippen LogP contribution in [0, 0.1) is 0 Å². The minimum Gasteiger partial charge on any atom is -0.383 e.